The number of ketones is 2. The predicted octanol–water partition coefficient (Wildman–Crippen LogP) is 7.10. The van der Waals surface area contributed by atoms with E-state index in [1.54, 1.807) is 44.2 Å². The van der Waals surface area contributed by atoms with Gasteiger partial charge in [0.25, 0.3) is 11.8 Å². The van der Waals surface area contributed by atoms with Crippen LogP contribution in [0.3, 0.4) is 0 Å². The standard InChI is InChI=1S/C64H93N7O14/c1-39(2)14-27-56(75)69-51-32-42(6)53(84-43(51)7)25-15-41(5)16-26-54-60(78)64(38-83-64)36-50(85-54)35-49(72)33-44-17-21-48(22-18-44)68-63(81)82-37-45-19-23-47(24-20-45)67-61(79)46(12-11-30-66-62(65)80)34-52(73)59(40(3)4)70-55(74)13-9-8-10-31-71-57(76)28-29-58(71)77/h14-16,19-20,23-24,26-29,39-40,42-44,46,48,50-51,53-54,59-60,78H,8-13,17-18,21-22,25,30-38H2,1-7H3,(H,67,79)(H,68,81)(H,69,75)(H,70,74)(H3,65,66,80)/b26-16+,27-14-,41-15+/t42-,43+,44?,46+,48?,50+,51+,53-,54+,59-,60+,64+/m0/s1. The van der Waals surface area contributed by atoms with Crippen LogP contribution in [0.25, 0.3) is 0 Å². The number of unbranched alkanes of at least 4 members (excludes halogenated alkanes) is 2. The molecule has 21 heteroatoms. The molecule has 4 fully saturated rings. The number of aliphatic hydroxyl groups excluding tert-OH is 1. The lowest BCUT2D eigenvalue weighted by atomic mass is 9.81. The van der Waals surface area contributed by atoms with E-state index in [9.17, 15) is 48.3 Å². The van der Waals surface area contributed by atoms with Gasteiger partial charge in [0.1, 0.15) is 30.2 Å². The molecule has 8 amide bonds. The molecule has 1 spiro atoms. The van der Waals surface area contributed by atoms with Crippen LogP contribution < -0.4 is 32.3 Å². The minimum Gasteiger partial charge on any atom is -0.445 e. The number of epoxide rings is 1. The molecule has 1 aromatic rings. The minimum absolute atomic E-state index is 0.00166. The van der Waals surface area contributed by atoms with Crippen molar-refractivity contribution in [2.75, 3.05) is 25.0 Å². The molecular weight excluding hydrogens is 1090 g/mol. The lowest BCUT2D eigenvalue weighted by molar-refractivity contribution is -0.145. The third-order valence-corrected chi connectivity index (χ3v) is 16.8. The maximum absolute atomic E-state index is 13.7. The van der Waals surface area contributed by atoms with Crippen molar-refractivity contribution in [3.8, 4) is 0 Å². The Labute approximate surface area is 500 Å². The number of anilines is 1. The number of nitrogens with one attached hydrogen (secondary N) is 5. The van der Waals surface area contributed by atoms with Gasteiger partial charge in [-0.15, -0.1) is 0 Å². The van der Waals surface area contributed by atoms with Crippen molar-refractivity contribution in [3.05, 3.63) is 77.9 Å². The predicted molar refractivity (Wildman–Crippen MR) is 319 cm³/mol. The number of Topliss-reactive ketones (excluding diaryl/α,β-unsaturated/α-hetero) is 2. The van der Waals surface area contributed by atoms with Crippen LogP contribution in [0, 0.1) is 29.6 Å². The van der Waals surface area contributed by atoms with E-state index in [0.29, 0.717) is 81.6 Å². The molecule has 8 N–H and O–H groups in total. The molecule has 85 heavy (non-hydrogen) atoms. The number of carbonyl (C=O) groups is 9. The van der Waals surface area contributed by atoms with Crippen LogP contribution in [-0.4, -0.2) is 137 Å². The second-order valence-corrected chi connectivity index (χ2v) is 24.7. The molecule has 0 radical (unpaired) electrons. The van der Waals surface area contributed by atoms with E-state index in [1.807, 2.05) is 45.9 Å². The molecule has 4 heterocycles. The number of alkyl carbamates (subject to hydrolysis) is 1. The van der Waals surface area contributed by atoms with E-state index >= 15 is 0 Å². The highest BCUT2D eigenvalue weighted by Crippen LogP contribution is 2.44. The zero-order valence-corrected chi connectivity index (χ0v) is 50.8. The van der Waals surface area contributed by atoms with E-state index in [0.717, 1.165) is 29.7 Å². The highest BCUT2D eigenvalue weighted by molar-refractivity contribution is 6.12. The first-order valence-electron chi connectivity index (χ1n) is 30.7. The number of rotatable bonds is 31. The Kier molecular flexibility index (Phi) is 26.1. The number of aliphatic hydroxyl groups is 1. The SMILES string of the molecule is CC(/C=C/[C@H]1O[C@H](CC(=O)CC2CCC(NC(=O)OCc3ccc(NC(=O)[C@H](CCCNC(N)=O)CC(=O)[C@@H](NC(=O)CCCCCN4C(=O)C=CC4=O)C(C)C)cc3)CC2)C[C@@]2(CO2)[C@@H]1O)=C\C[C@@H]1O[C@H](C)[C@H](NC(=O)/C=C\C(C)C)C[C@@H]1C. The maximum Gasteiger partial charge on any atom is 0.407 e. The van der Waals surface area contributed by atoms with Gasteiger partial charge >= 0.3 is 12.1 Å². The quantitative estimate of drug-likeness (QED) is 0.0128. The molecule has 1 aliphatic carbocycles. The summed E-state index contributed by atoms with van der Waals surface area (Å²) in [5, 5.41) is 25.5. The van der Waals surface area contributed by atoms with E-state index in [-0.39, 0.29) is 123 Å². The molecule has 468 valence electrons. The van der Waals surface area contributed by atoms with E-state index in [2.05, 4.69) is 39.6 Å². The van der Waals surface area contributed by atoms with Crippen LogP contribution in [0.5, 0.6) is 0 Å². The Morgan fingerprint density at radius 1 is 0.894 bits per heavy atom. The Balaban J connectivity index is 0.884. The van der Waals surface area contributed by atoms with Crippen LogP contribution in [-0.2, 0) is 59.1 Å². The highest BCUT2D eigenvalue weighted by Gasteiger charge is 2.58. The molecule has 10 atom stereocenters. The summed E-state index contributed by atoms with van der Waals surface area (Å²) in [6, 6.07) is 5.04. The normalized spacial score (nSPS) is 26.6. The third-order valence-electron chi connectivity index (χ3n) is 16.8. The van der Waals surface area contributed by atoms with Crippen molar-refractivity contribution in [1.29, 1.82) is 0 Å². The van der Waals surface area contributed by atoms with Crippen molar-refractivity contribution < 1.29 is 67.2 Å². The van der Waals surface area contributed by atoms with Gasteiger partial charge in [-0.05, 0) is 125 Å². The van der Waals surface area contributed by atoms with Crippen molar-refractivity contribution in [1.82, 2.24) is 26.2 Å². The van der Waals surface area contributed by atoms with Gasteiger partial charge in [0.05, 0.1) is 37.0 Å². The van der Waals surface area contributed by atoms with Crippen LogP contribution in [0.15, 0.2) is 72.4 Å². The van der Waals surface area contributed by atoms with Gasteiger partial charge < -0.3 is 56.4 Å². The number of hydrogen-bond acceptors (Lipinski definition) is 14. The van der Waals surface area contributed by atoms with Gasteiger partial charge in [0.15, 0.2) is 5.78 Å². The summed E-state index contributed by atoms with van der Waals surface area (Å²) in [4.78, 5) is 115. The first-order valence-corrected chi connectivity index (χ1v) is 30.7. The van der Waals surface area contributed by atoms with Crippen LogP contribution in [0.1, 0.15) is 157 Å². The number of ether oxygens (including phenoxy) is 4. The molecular formula is C64H93N7O14. The summed E-state index contributed by atoms with van der Waals surface area (Å²) in [5.74, 6) is -2.15. The van der Waals surface area contributed by atoms with Gasteiger partial charge in [-0.2, -0.15) is 0 Å². The fraction of sp³-hybridized carbons (Fsp3) is 0.641. The first kappa shape index (κ1) is 67.6. The van der Waals surface area contributed by atoms with Gasteiger partial charge in [-0.3, -0.25) is 38.5 Å². The monoisotopic (exact) mass is 1180 g/mol. The van der Waals surface area contributed by atoms with Crippen LogP contribution in [0.4, 0.5) is 15.3 Å². The lowest BCUT2D eigenvalue weighted by Crippen LogP contribution is -2.50. The number of hydrogen-bond donors (Lipinski definition) is 7. The zero-order valence-electron chi connectivity index (χ0n) is 50.8. The maximum atomic E-state index is 13.7. The summed E-state index contributed by atoms with van der Waals surface area (Å²) >= 11 is 0. The fourth-order valence-electron chi connectivity index (χ4n) is 11.6. The molecule has 4 aliphatic heterocycles. The lowest BCUT2D eigenvalue weighted by Gasteiger charge is -2.39. The molecule has 0 unspecified atom stereocenters. The number of primary amides is 1. The molecule has 1 aromatic carbocycles. The van der Waals surface area contributed by atoms with Crippen molar-refractivity contribution >= 4 is 58.9 Å². The largest absolute Gasteiger partial charge is 0.445 e. The summed E-state index contributed by atoms with van der Waals surface area (Å²) in [5.41, 5.74) is 6.64. The van der Waals surface area contributed by atoms with Gasteiger partial charge in [0, 0.05) is 75.0 Å². The topological polar surface area (TPSA) is 303 Å². The minimum atomic E-state index is -0.858. The van der Waals surface area contributed by atoms with Crippen molar-refractivity contribution in [3.63, 3.8) is 0 Å². The van der Waals surface area contributed by atoms with Crippen LogP contribution in [0.2, 0.25) is 0 Å². The number of amides is 8. The second-order valence-electron chi connectivity index (χ2n) is 24.7. The fourth-order valence-corrected chi connectivity index (χ4v) is 11.6. The Hall–Kier alpha value is -6.55. The molecule has 3 saturated heterocycles. The van der Waals surface area contributed by atoms with Gasteiger partial charge in [-0.1, -0.05) is 83.0 Å². The van der Waals surface area contributed by atoms with Crippen LogP contribution >= 0.6 is 0 Å². The zero-order chi connectivity index (χ0) is 61.8. The molecule has 6 rings (SSSR count). The molecule has 0 bridgehead atoms. The molecule has 21 nitrogen and oxygen atoms in total. The van der Waals surface area contributed by atoms with Gasteiger partial charge in [-0.25, -0.2) is 9.59 Å². The van der Waals surface area contributed by atoms with E-state index in [1.165, 1.54) is 12.2 Å². The highest BCUT2D eigenvalue weighted by atomic mass is 16.6. The Bertz CT molecular complexity index is 2590. The molecule has 5 aliphatic rings. The number of carbonyl (C=O) groups excluding carboxylic acids is 9. The number of imide groups is 1. The number of nitrogens with two attached hydrogens (primary N) is 1. The van der Waals surface area contributed by atoms with Crippen molar-refractivity contribution in [2.24, 2.45) is 35.3 Å². The smallest absolute Gasteiger partial charge is 0.407 e. The molecule has 0 aromatic heterocycles. The second kappa shape index (κ2) is 32.8. The number of allylic oxidation sites excluding steroid dienone is 3. The Morgan fingerprint density at radius 2 is 1.60 bits per heavy atom. The number of nitrogens with zero attached hydrogens (tertiary/aromatic N) is 1. The average Bonchev–Trinajstić information content (AvgIpc) is 2.12. The van der Waals surface area contributed by atoms with E-state index in [4.69, 9.17) is 24.7 Å². The Morgan fingerprint density at radius 3 is 2.26 bits per heavy atom. The summed E-state index contributed by atoms with van der Waals surface area (Å²) in [7, 11) is 0. The molecule has 1 saturated carbocycles. The third kappa shape index (κ3) is 22.0. The van der Waals surface area contributed by atoms with Crippen molar-refractivity contribution in [2.45, 2.75) is 212 Å². The summed E-state index contributed by atoms with van der Waals surface area (Å²) in [6.07, 6.45) is 17.0. The number of benzene rings is 1. The van der Waals surface area contributed by atoms with E-state index < -0.39 is 53.9 Å². The first-order chi connectivity index (χ1) is 40.5. The average molecular weight is 1180 g/mol. The number of urea groups is 1. The summed E-state index contributed by atoms with van der Waals surface area (Å²) < 4.78 is 24.1. The summed E-state index contributed by atoms with van der Waals surface area (Å²) in [6.45, 7) is 14.7. The van der Waals surface area contributed by atoms with Gasteiger partial charge in [0.2, 0.25) is 17.7 Å².